The zero-order valence-electron chi connectivity index (χ0n) is 14.7. The summed E-state index contributed by atoms with van der Waals surface area (Å²) in [5.74, 6) is -1.46. The van der Waals surface area contributed by atoms with E-state index < -0.39 is 18.0 Å². The first-order valence-corrected chi connectivity index (χ1v) is 8.93. The van der Waals surface area contributed by atoms with Gasteiger partial charge in [0.2, 0.25) is 5.91 Å². The molecule has 130 valence electrons. The van der Waals surface area contributed by atoms with Crippen LogP contribution in [0.25, 0.3) is 0 Å². The van der Waals surface area contributed by atoms with E-state index >= 15 is 0 Å². The van der Waals surface area contributed by atoms with E-state index in [0.29, 0.717) is 6.42 Å². The van der Waals surface area contributed by atoms with Crippen LogP contribution >= 0.6 is 11.8 Å². The van der Waals surface area contributed by atoms with E-state index in [0.717, 1.165) is 25.0 Å². The molecular formula is C15H28NNaO5S. The van der Waals surface area contributed by atoms with Gasteiger partial charge in [0.05, 0.1) is 0 Å². The zero-order valence-corrected chi connectivity index (χ0v) is 17.5. The Hall–Kier alpha value is -0.240. The van der Waals surface area contributed by atoms with E-state index in [9.17, 15) is 19.5 Å². The summed E-state index contributed by atoms with van der Waals surface area (Å²) >= 11 is 1.56. The second kappa shape index (κ2) is 19.8. The van der Waals surface area contributed by atoms with Crippen molar-refractivity contribution in [3.8, 4) is 0 Å². The Bertz CT molecular complexity index is 329. The molecule has 0 saturated heterocycles. The van der Waals surface area contributed by atoms with Crippen LogP contribution in [0.15, 0.2) is 0 Å². The molecule has 0 aromatic heterocycles. The molecule has 0 radical (unpaired) electrons. The molecule has 0 aliphatic carbocycles. The van der Waals surface area contributed by atoms with Crippen molar-refractivity contribution in [2.75, 3.05) is 12.0 Å². The number of carboxylic acids is 2. The molecule has 6 nitrogen and oxygen atoms in total. The van der Waals surface area contributed by atoms with Gasteiger partial charge in [0, 0.05) is 12.9 Å². The molecule has 0 heterocycles. The topological polar surface area (TPSA) is 107 Å². The Labute approximate surface area is 165 Å². The summed E-state index contributed by atoms with van der Waals surface area (Å²) < 4.78 is 0. The molecule has 1 amide bonds. The minimum atomic E-state index is -0.973. The third-order valence-corrected chi connectivity index (χ3v) is 3.41. The molecule has 0 aliphatic heterocycles. The molecule has 0 bridgehead atoms. The number of carboxylic acid groups (broad SMARTS) is 2. The maximum absolute atomic E-state index is 10.5. The van der Waals surface area contributed by atoms with Gasteiger partial charge in [-0.3, -0.25) is 4.79 Å². The van der Waals surface area contributed by atoms with Crippen LogP contribution in [0.1, 0.15) is 58.8 Å². The van der Waals surface area contributed by atoms with E-state index in [1.807, 2.05) is 6.26 Å². The molecule has 0 aliphatic rings. The quantitative estimate of drug-likeness (QED) is 0.342. The largest absolute Gasteiger partial charge is 1.00 e. The van der Waals surface area contributed by atoms with Crippen LogP contribution in [0.2, 0.25) is 0 Å². The van der Waals surface area contributed by atoms with E-state index in [4.69, 9.17) is 5.11 Å². The van der Waals surface area contributed by atoms with E-state index in [-0.39, 0.29) is 41.9 Å². The number of thioether (sulfide) groups is 1. The first kappa shape index (κ1) is 27.6. The van der Waals surface area contributed by atoms with Gasteiger partial charge in [0.15, 0.2) is 0 Å². The summed E-state index contributed by atoms with van der Waals surface area (Å²) in [6, 6.07) is -0.741. The van der Waals surface area contributed by atoms with Crippen LogP contribution in [-0.4, -0.2) is 41.0 Å². The van der Waals surface area contributed by atoms with Crippen molar-refractivity contribution < 1.29 is 54.2 Å². The van der Waals surface area contributed by atoms with Crippen molar-refractivity contribution in [2.24, 2.45) is 0 Å². The molecule has 8 heteroatoms. The number of amides is 1. The summed E-state index contributed by atoms with van der Waals surface area (Å²) in [6.45, 7) is 3.45. The van der Waals surface area contributed by atoms with Gasteiger partial charge in [-0.1, -0.05) is 32.6 Å². The fraction of sp³-hybridized carbons (Fsp3) is 0.800. The zero-order chi connectivity index (χ0) is 17.4. The first-order chi connectivity index (χ1) is 10.3. The fourth-order valence-corrected chi connectivity index (χ4v) is 2.08. The average Bonchev–Trinajstić information content (AvgIpc) is 2.43. The summed E-state index contributed by atoms with van der Waals surface area (Å²) in [7, 11) is 0. The van der Waals surface area contributed by atoms with Gasteiger partial charge < -0.3 is 20.3 Å². The van der Waals surface area contributed by atoms with E-state index in [1.54, 1.807) is 11.8 Å². The van der Waals surface area contributed by atoms with Crippen LogP contribution in [-0.2, 0) is 14.4 Å². The average molecular weight is 357 g/mol. The minimum absolute atomic E-state index is 0. The van der Waals surface area contributed by atoms with Gasteiger partial charge in [0.1, 0.15) is 6.04 Å². The molecule has 0 spiro atoms. The maximum atomic E-state index is 10.5. The standard InChI is InChI=1S/C8H16O2.C7H13NO3S.Na/c1-2-3-4-5-6-7-8(9)10;1-5(9)8-6(7(10)11)3-4-12-2;/h2-7H2,1H3,(H,9,10);6H,3-4H2,1-2H3,(H,8,9)(H,10,11);/q;;+1/p-1/t;6-;/m.0./s1. The smallest absolute Gasteiger partial charge is 0.550 e. The normalized spacial score (nSPS) is 10.6. The number of unbranched alkanes of at least 4 members (excludes halogenated alkanes) is 4. The Kier molecular flexibility index (Phi) is 23.8. The maximum Gasteiger partial charge on any atom is 1.00 e. The number of rotatable bonds is 11. The number of carbonyl (C=O) groups excluding carboxylic acids is 2. The summed E-state index contributed by atoms with van der Waals surface area (Å²) in [5.41, 5.74) is 0. The van der Waals surface area contributed by atoms with Crippen LogP contribution < -0.4 is 40.0 Å². The van der Waals surface area contributed by atoms with Gasteiger partial charge in [-0.05, 0) is 31.3 Å². The number of carbonyl (C=O) groups is 3. The van der Waals surface area contributed by atoms with Crippen molar-refractivity contribution in [1.82, 2.24) is 5.32 Å². The molecular weight excluding hydrogens is 329 g/mol. The number of hydrogen-bond donors (Lipinski definition) is 2. The van der Waals surface area contributed by atoms with Crippen LogP contribution in [0.3, 0.4) is 0 Å². The van der Waals surface area contributed by atoms with Crippen LogP contribution in [0.4, 0.5) is 0 Å². The predicted molar refractivity (Wildman–Crippen MR) is 86.6 cm³/mol. The number of hydrogen-bond acceptors (Lipinski definition) is 5. The minimum Gasteiger partial charge on any atom is -0.550 e. The number of nitrogens with one attached hydrogen (secondary N) is 1. The van der Waals surface area contributed by atoms with Crippen molar-refractivity contribution in [3.63, 3.8) is 0 Å². The van der Waals surface area contributed by atoms with Crippen molar-refractivity contribution in [1.29, 1.82) is 0 Å². The van der Waals surface area contributed by atoms with Gasteiger partial charge in [-0.15, -0.1) is 0 Å². The van der Waals surface area contributed by atoms with Gasteiger partial charge in [0.25, 0.3) is 0 Å². The SMILES string of the molecule is CCCCCCCC(=O)[O-].CSCC[C@H](NC(C)=O)C(=O)O.[Na+]. The molecule has 0 fully saturated rings. The molecule has 0 saturated carbocycles. The Morgan fingerprint density at radius 1 is 1.17 bits per heavy atom. The van der Waals surface area contributed by atoms with Crippen molar-refractivity contribution in [3.05, 3.63) is 0 Å². The summed E-state index contributed by atoms with van der Waals surface area (Å²) in [5, 5.41) is 20.9. The Balaban J connectivity index is -0.000000338. The Morgan fingerprint density at radius 3 is 2.13 bits per heavy atom. The molecule has 0 unspecified atom stereocenters. The van der Waals surface area contributed by atoms with Gasteiger partial charge in [-0.2, -0.15) is 11.8 Å². The molecule has 0 aromatic rings. The second-order valence-electron chi connectivity index (χ2n) is 4.91. The first-order valence-electron chi connectivity index (χ1n) is 7.53. The molecule has 23 heavy (non-hydrogen) atoms. The van der Waals surface area contributed by atoms with E-state index in [2.05, 4.69) is 12.2 Å². The molecule has 0 rings (SSSR count). The Morgan fingerprint density at radius 2 is 1.74 bits per heavy atom. The van der Waals surface area contributed by atoms with Crippen LogP contribution in [0, 0.1) is 0 Å². The van der Waals surface area contributed by atoms with Crippen molar-refractivity contribution in [2.45, 2.75) is 64.8 Å². The predicted octanol–water partition coefficient (Wildman–Crippen LogP) is -1.57. The summed E-state index contributed by atoms with van der Waals surface area (Å²) in [4.78, 5) is 31.0. The van der Waals surface area contributed by atoms with E-state index in [1.165, 1.54) is 19.8 Å². The van der Waals surface area contributed by atoms with Gasteiger partial charge in [-0.25, -0.2) is 4.79 Å². The number of aliphatic carboxylic acids is 2. The monoisotopic (exact) mass is 357 g/mol. The van der Waals surface area contributed by atoms with Crippen molar-refractivity contribution >= 4 is 29.6 Å². The molecule has 0 aromatic carbocycles. The molecule has 1 atom stereocenters. The van der Waals surface area contributed by atoms with Gasteiger partial charge >= 0.3 is 35.5 Å². The third-order valence-electron chi connectivity index (χ3n) is 2.77. The van der Waals surface area contributed by atoms with Crippen LogP contribution in [0.5, 0.6) is 0 Å². The summed E-state index contributed by atoms with van der Waals surface area (Å²) in [6.07, 6.45) is 7.97. The fourth-order valence-electron chi connectivity index (χ4n) is 1.61. The molecule has 2 N–H and O–H groups in total. The third kappa shape index (κ3) is 24.1. The second-order valence-corrected chi connectivity index (χ2v) is 5.89.